The minimum absolute atomic E-state index is 0.721. The molecule has 1 aliphatic heterocycles. The predicted octanol–water partition coefficient (Wildman–Crippen LogP) is 1.09. The Morgan fingerprint density at radius 1 is 0.833 bits per heavy atom. The van der Waals surface area contributed by atoms with Gasteiger partial charge in [-0.15, -0.1) is 10.2 Å². The molecule has 0 atom stereocenters. The summed E-state index contributed by atoms with van der Waals surface area (Å²) in [5.41, 5.74) is 0. The molecular weight excluding hydrogens is 304 g/mol. The average Bonchev–Trinajstić information content (AvgIpc) is 3.17. The van der Waals surface area contributed by atoms with Gasteiger partial charge in [0.05, 0.1) is 0 Å². The zero-order valence-electron chi connectivity index (χ0n) is 13.4. The van der Waals surface area contributed by atoms with Gasteiger partial charge >= 0.3 is 0 Å². The zero-order valence-corrected chi connectivity index (χ0v) is 13.4. The van der Waals surface area contributed by atoms with Gasteiger partial charge in [0.25, 0.3) is 0 Å². The lowest BCUT2D eigenvalue weighted by atomic mass is 10.3. The van der Waals surface area contributed by atoms with Crippen LogP contribution in [0, 0.1) is 6.92 Å². The zero-order chi connectivity index (χ0) is 16.4. The highest BCUT2D eigenvalue weighted by Gasteiger charge is 2.19. The Hall–Kier alpha value is -3.03. The first-order valence-corrected chi connectivity index (χ1v) is 7.93. The number of rotatable bonds is 3. The third-order valence-electron chi connectivity index (χ3n) is 4.06. The van der Waals surface area contributed by atoms with Crippen LogP contribution in [0.25, 0.3) is 5.82 Å². The monoisotopic (exact) mass is 322 g/mol. The van der Waals surface area contributed by atoms with Crippen LogP contribution < -0.4 is 9.80 Å². The Morgan fingerprint density at radius 3 is 2.17 bits per heavy atom. The smallest absolute Gasteiger partial charge is 0.175 e. The summed E-state index contributed by atoms with van der Waals surface area (Å²) in [5.74, 6) is 3.40. The molecule has 8 nitrogen and oxygen atoms in total. The molecule has 4 rings (SSSR count). The molecule has 0 unspecified atom stereocenters. The first-order valence-electron chi connectivity index (χ1n) is 7.93. The highest BCUT2D eigenvalue weighted by atomic mass is 15.4. The standard InChI is InChI=1S/C16H18N8/c1-13-17-7-5-14(19-13)22-9-11-23(12-10-22)15-3-4-16(21-20-15)24-8-2-6-18-24/h2-8H,9-12H2,1H3. The highest BCUT2D eigenvalue weighted by molar-refractivity contribution is 5.44. The van der Waals surface area contributed by atoms with E-state index in [4.69, 9.17) is 0 Å². The van der Waals surface area contributed by atoms with Crippen LogP contribution in [0.4, 0.5) is 11.6 Å². The third-order valence-corrected chi connectivity index (χ3v) is 4.06. The van der Waals surface area contributed by atoms with Crippen molar-refractivity contribution < 1.29 is 0 Å². The fourth-order valence-corrected chi connectivity index (χ4v) is 2.80. The molecule has 0 saturated carbocycles. The van der Waals surface area contributed by atoms with Gasteiger partial charge in [0.15, 0.2) is 11.6 Å². The maximum Gasteiger partial charge on any atom is 0.175 e. The fourth-order valence-electron chi connectivity index (χ4n) is 2.80. The molecule has 24 heavy (non-hydrogen) atoms. The van der Waals surface area contributed by atoms with Gasteiger partial charge in [0, 0.05) is 44.8 Å². The molecule has 0 radical (unpaired) electrons. The minimum Gasteiger partial charge on any atom is -0.353 e. The van der Waals surface area contributed by atoms with Gasteiger partial charge < -0.3 is 9.80 Å². The summed E-state index contributed by atoms with van der Waals surface area (Å²) in [7, 11) is 0. The molecule has 3 aromatic rings. The molecule has 122 valence electrons. The molecule has 1 fully saturated rings. The van der Waals surface area contributed by atoms with Crippen LogP contribution in [-0.2, 0) is 0 Å². The van der Waals surface area contributed by atoms with Gasteiger partial charge in [-0.1, -0.05) is 0 Å². The molecule has 1 saturated heterocycles. The summed E-state index contributed by atoms with van der Waals surface area (Å²) in [6, 6.07) is 7.76. The van der Waals surface area contributed by atoms with Gasteiger partial charge in [-0.3, -0.25) is 0 Å². The van der Waals surface area contributed by atoms with Gasteiger partial charge in [0.2, 0.25) is 0 Å². The highest BCUT2D eigenvalue weighted by Crippen LogP contribution is 2.17. The second kappa shape index (κ2) is 6.23. The quantitative estimate of drug-likeness (QED) is 0.714. The van der Waals surface area contributed by atoms with Crippen molar-refractivity contribution in [3.05, 3.63) is 48.7 Å². The lowest BCUT2D eigenvalue weighted by Crippen LogP contribution is -2.47. The third kappa shape index (κ3) is 2.90. The Labute approximate surface area is 139 Å². The van der Waals surface area contributed by atoms with Crippen LogP contribution in [0.3, 0.4) is 0 Å². The summed E-state index contributed by atoms with van der Waals surface area (Å²) in [6.07, 6.45) is 5.39. The van der Waals surface area contributed by atoms with Crippen LogP contribution in [0.2, 0.25) is 0 Å². The van der Waals surface area contributed by atoms with Crippen LogP contribution in [0.5, 0.6) is 0 Å². The van der Waals surface area contributed by atoms with Crippen molar-refractivity contribution in [1.82, 2.24) is 29.9 Å². The van der Waals surface area contributed by atoms with E-state index < -0.39 is 0 Å². The molecule has 0 aliphatic carbocycles. The molecule has 8 heteroatoms. The minimum atomic E-state index is 0.721. The predicted molar refractivity (Wildman–Crippen MR) is 90.3 cm³/mol. The average molecular weight is 322 g/mol. The number of aryl methyl sites for hydroxylation is 1. The second-order valence-corrected chi connectivity index (χ2v) is 5.64. The Bertz CT molecular complexity index is 791. The van der Waals surface area contributed by atoms with Crippen molar-refractivity contribution in [2.24, 2.45) is 0 Å². The molecule has 3 aromatic heterocycles. The van der Waals surface area contributed by atoms with Crippen LogP contribution in [-0.4, -0.2) is 56.1 Å². The summed E-state index contributed by atoms with van der Waals surface area (Å²) >= 11 is 0. The molecular formula is C16H18N8. The maximum absolute atomic E-state index is 4.49. The van der Waals surface area contributed by atoms with Gasteiger partial charge in [-0.05, 0) is 31.2 Å². The van der Waals surface area contributed by atoms with Crippen molar-refractivity contribution in [3.8, 4) is 5.82 Å². The van der Waals surface area contributed by atoms with Crippen molar-refractivity contribution in [3.63, 3.8) is 0 Å². The van der Waals surface area contributed by atoms with E-state index in [2.05, 4.69) is 35.1 Å². The number of nitrogens with zero attached hydrogens (tertiary/aromatic N) is 8. The summed E-state index contributed by atoms with van der Waals surface area (Å²) in [6.45, 7) is 5.49. The summed E-state index contributed by atoms with van der Waals surface area (Å²) in [4.78, 5) is 13.2. The number of hydrogen-bond acceptors (Lipinski definition) is 7. The SMILES string of the molecule is Cc1nccc(N2CCN(c3ccc(-n4cccn4)nn3)CC2)n1. The maximum atomic E-state index is 4.49. The topological polar surface area (TPSA) is 75.9 Å². The van der Waals surface area contributed by atoms with Crippen LogP contribution in [0.15, 0.2) is 42.9 Å². The van der Waals surface area contributed by atoms with Crippen molar-refractivity contribution in [1.29, 1.82) is 0 Å². The van der Waals surface area contributed by atoms with Gasteiger partial charge in [0.1, 0.15) is 11.6 Å². The van der Waals surface area contributed by atoms with Crippen LogP contribution in [0.1, 0.15) is 5.82 Å². The lowest BCUT2D eigenvalue weighted by molar-refractivity contribution is 0.635. The van der Waals surface area contributed by atoms with E-state index in [-0.39, 0.29) is 0 Å². The molecule has 0 amide bonds. The number of aromatic nitrogens is 6. The first kappa shape index (κ1) is 14.6. The number of hydrogen-bond donors (Lipinski definition) is 0. The second-order valence-electron chi connectivity index (χ2n) is 5.64. The van der Waals surface area contributed by atoms with E-state index >= 15 is 0 Å². The van der Waals surface area contributed by atoms with Gasteiger partial charge in [-0.25, -0.2) is 14.6 Å². The van der Waals surface area contributed by atoms with Gasteiger partial charge in [-0.2, -0.15) is 5.10 Å². The Balaban J connectivity index is 1.42. The van der Waals surface area contributed by atoms with Crippen LogP contribution >= 0.6 is 0 Å². The molecule has 0 bridgehead atoms. The summed E-state index contributed by atoms with van der Waals surface area (Å²) in [5, 5.41) is 12.8. The Morgan fingerprint density at radius 2 is 1.54 bits per heavy atom. The van der Waals surface area contributed by atoms with Crippen molar-refractivity contribution in [2.45, 2.75) is 6.92 Å². The van der Waals surface area contributed by atoms with Crippen molar-refractivity contribution in [2.75, 3.05) is 36.0 Å². The van der Waals surface area contributed by atoms with E-state index in [1.807, 2.05) is 43.6 Å². The van der Waals surface area contributed by atoms with Crippen molar-refractivity contribution >= 4 is 11.6 Å². The lowest BCUT2D eigenvalue weighted by Gasteiger charge is -2.35. The molecule has 1 aliphatic rings. The largest absolute Gasteiger partial charge is 0.353 e. The van der Waals surface area contributed by atoms with E-state index in [0.29, 0.717) is 0 Å². The molecule has 0 spiro atoms. The molecule has 0 N–H and O–H groups in total. The molecule has 0 aromatic carbocycles. The van der Waals surface area contributed by atoms with E-state index in [1.165, 1.54) is 0 Å². The fraction of sp³-hybridized carbons (Fsp3) is 0.312. The normalized spacial score (nSPS) is 14.9. The molecule has 4 heterocycles. The summed E-state index contributed by atoms with van der Waals surface area (Å²) < 4.78 is 1.70. The first-order chi connectivity index (χ1) is 11.8. The van der Waals surface area contributed by atoms with E-state index in [9.17, 15) is 0 Å². The number of piperazine rings is 1. The van der Waals surface area contributed by atoms with E-state index in [0.717, 1.165) is 49.5 Å². The van der Waals surface area contributed by atoms with E-state index in [1.54, 1.807) is 10.9 Å². The Kier molecular flexibility index (Phi) is 3.78. The number of anilines is 2.